The molecular formula is C12H12F2O2Si2. The molecule has 0 aromatic heterocycles. The maximum atomic E-state index is 13.6. The monoisotopic (exact) mass is 282 g/mol. The molecule has 0 N–H and O–H groups in total. The van der Waals surface area contributed by atoms with Gasteiger partial charge in [-0.15, -0.1) is 0 Å². The Labute approximate surface area is 107 Å². The normalized spacial score (nSPS) is 11.7. The van der Waals surface area contributed by atoms with E-state index in [9.17, 15) is 8.22 Å². The zero-order chi connectivity index (χ0) is 12.8. The maximum absolute atomic E-state index is 13.6. The molecule has 0 radical (unpaired) electrons. The Kier molecular flexibility index (Phi) is 4.11. The zero-order valence-corrected chi connectivity index (χ0v) is 12.0. The van der Waals surface area contributed by atoms with Crippen LogP contribution in [0.25, 0.3) is 0 Å². The average molecular weight is 282 g/mol. The molecule has 94 valence electrons. The minimum absolute atomic E-state index is 0.207. The highest BCUT2D eigenvalue weighted by Crippen LogP contribution is 2.17. The van der Waals surface area contributed by atoms with Gasteiger partial charge in [-0.1, -0.05) is 36.4 Å². The van der Waals surface area contributed by atoms with Crippen LogP contribution in [0.1, 0.15) is 0 Å². The number of halogens is 2. The van der Waals surface area contributed by atoms with Crippen LogP contribution in [0.5, 0.6) is 11.5 Å². The second-order valence-electron chi connectivity index (χ2n) is 3.65. The third kappa shape index (κ3) is 3.97. The summed E-state index contributed by atoms with van der Waals surface area (Å²) in [6, 6.07) is 16.8. The van der Waals surface area contributed by atoms with E-state index in [1.165, 1.54) is 12.1 Å². The van der Waals surface area contributed by atoms with Crippen LogP contribution in [0.3, 0.4) is 0 Å². The van der Waals surface area contributed by atoms with Crippen molar-refractivity contribution < 1.29 is 17.1 Å². The topological polar surface area (TPSA) is 18.5 Å². The highest BCUT2D eigenvalue weighted by molar-refractivity contribution is 7.11. The van der Waals surface area contributed by atoms with Gasteiger partial charge < -0.3 is 8.85 Å². The number of hydrogen-bond acceptors (Lipinski definition) is 2. The fourth-order valence-corrected chi connectivity index (χ4v) is 4.12. The highest BCUT2D eigenvalue weighted by atomic mass is 29.3. The van der Waals surface area contributed by atoms with E-state index in [0.29, 0.717) is 5.75 Å². The van der Waals surface area contributed by atoms with E-state index in [4.69, 9.17) is 8.85 Å². The Morgan fingerprint density at radius 1 is 0.778 bits per heavy atom. The van der Waals surface area contributed by atoms with Crippen LogP contribution < -0.4 is 8.85 Å². The van der Waals surface area contributed by atoms with Crippen molar-refractivity contribution in [3.63, 3.8) is 0 Å². The zero-order valence-electron chi connectivity index (χ0n) is 9.55. The Morgan fingerprint density at radius 3 is 1.83 bits per heavy atom. The van der Waals surface area contributed by atoms with Crippen molar-refractivity contribution in [1.82, 2.24) is 0 Å². The lowest BCUT2D eigenvalue weighted by Gasteiger charge is -2.15. The Morgan fingerprint density at radius 2 is 1.28 bits per heavy atom. The van der Waals surface area contributed by atoms with E-state index < -0.39 is 17.8 Å². The van der Waals surface area contributed by atoms with Crippen molar-refractivity contribution in [2.75, 3.05) is 0 Å². The summed E-state index contributed by atoms with van der Waals surface area (Å²) in [6.45, 7) is 0. The molecule has 0 aliphatic rings. The van der Waals surface area contributed by atoms with Crippen molar-refractivity contribution in [1.29, 1.82) is 0 Å². The quantitative estimate of drug-likeness (QED) is 0.620. The van der Waals surface area contributed by atoms with E-state index in [1.807, 2.05) is 6.07 Å². The van der Waals surface area contributed by atoms with Gasteiger partial charge in [-0.05, 0) is 24.3 Å². The Bertz CT molecular complexity index is 480. The van der Waals surface area contributed by atoms with Gasteiger partial charge in [-0.3, -0.25) is 0 Å². The smallest absolute Gasteiger partial charge is 0.541 e. The van der Waals surface area contributed by atoms with Gasteiger partial charge in [0.2, 0.25) is 0 Å². The SMILES string of the molecule is F[Si](F)(Oc1ccccc1)[SiH2]Oc1ccccc1. The maximum Gasteiger partial charge on any atom is 0.647 e. The van der Waals surface area contributed by atoms with Crippen molar-refractivity contribution in [2.45, 2.75) is 0 Å². The molecule has 0 spiro atoms. The summed E-state index contributed by atoms with van der Waals surface area (Å²) in [5, 5.41) is 0. The highest BCUT2D eigenvalue weighted by Gasteiger charge is 2.43. The molecule has 18 heavy (non-hydrogen) atoms. The summed E-state index contributed by atoms with van der Waals surface area (Å²) < 4.78 is 37.2. The minimum atomic E-state index is -4.71. The van der Waals surface area contributed by atoms with Crippen molar-refractivity contribution >= 4 is 17.8 Å². The Hall–Kier alpha value is -1.67. The van der Waals surface area contributed by atoms with Crippen LogP contribution in [0.4, 0.5) is 8.22 Å². The molecular weight excluding hydrogens is 270 g/mol. The lowest BCUT2D eigenvalue weighted by Crippen LogP contribution is -2.42. The molecule has 2 rings (SSSR count). The number of hydrogen-bond donors (Lipinski definition) is 0. The molecule has 2 nitrogen and oxygen atoms in total. The standard InChI is InChI=1S/C12H12F2O2Si2/c13-18(14,16-12-9-5-2-6-10-12)17-15-11-7-3-1-4-8-11/h1-10H,17H2. The van der Waals surface area contributed by atoms with Crippen LogP contribution in [-0.4, -0.2) is 17.8 Å². The molecule has 0 amide bonds. The molecule has 0 atom stereocenters. The summed E-state index contributed by atoms with van der Waals surface area (Å²) >= 11 is 0. The van der Waals surface area contributed by atoms with Gasteiger partial charge in [0.1, 0.15) is 11.5 Å². The molecule has 0 aliphatic carbocycles. The second kappa shape index (κ2) is 5.79. The Balaban J connectivity index is 1.91. The van der Waals surface area contributed by atoms with Crippen LogP contribution in [0, 0.1) is 0 Å². The van der Waals surface area contributed by atoms with Gasteiger partial charge in [-0.25, -0.2) is 8.22 Å². The molecule has 6 heteroatoms. The van der Waals surface area contributed by atoms with Gasteiger partial charge in [0.05, 0.1) is 0 Å². The summed E-state index contributed by atoms with van der Waals surface area (Å²) in [7, 11) is -6.73. The molecule has 0 saturated carbocycles. The van der Waals surface area contributed by atoms with E-state index in [-0.39, 0.29) is 5.75 Å². The van der Waals surface area contributed by atoms with E-state index in [2.05, 4.69) is 0 Å². The first-order valence-electron chi connectivity index (χ1n) is 5.45. The van der Waals surface area contributed by atoms with Gasteiger partial charge in [0.15, 0.2) is 0 Å². The predicted molar refractivity (Wildman–Crippen MR) is 70.7 cm³/mol. The van der Waals surface area contributed by atoms with Gasteiger partial charge in [0.25, 0.3) is 0 Å². The third-order valence-corrected chi connectivity index (χ3v) is 5.38. The average Bonchev–Trinajstić information content (AvgIpc) is 2.38. The summed E-state index contributed by atoms with van der Waals surface area (Å²) in [6.07, 6.45) is 0. The minimum Gasteiger partial charge on any atom is -0.541 e. The first kappa shape index (κ1) is 12.8. The number of para-hydroxylation sites is 2. The second-order valence-corrected chi connectivity index (χ2v) is 9.05. The molecule has 0 bridgehead atoms. The molecule has 0 fully saturated rings. The van der Waals surface area contributed by atoms with Gasteiger partial charge >= 0.3 is 17.8 Å². The first-order valence-corrected chi connectivity index (χ1v) is 10.0. The van der Waals surface area contributed by atoms with E-state index >= 15 is 0 Å². The van der Waals surface area contributed by atoms with E-state index in [0.717, 1.165) is 0 Å². The number of rotatable bonds is 5. The molecule has 2 aromatic carbocycles. The summed E-state index contributed by atoms with van der Waals surface area (Å²) in [5.74, 6) is 0.686. The van der Waals surface area contributed by atoms with Gasteiger partial charge in [0, 0.05) is 0 Å². The van der Waals surface area contributed by atoms with Crippen molar-refractivity contribution in [2.24, 2.45) is 0 Å². The molecule has 2 aromatic rings. The largest absolute Gasteiger partial charge is 0.647 e. The van der Waals surface area contributed by atoms with Crippen LogP contribution >= 0.6 is 0 Å². The van der Waals surface area contributed by atoms with Crippen LogP contribution in [-0.2, 0) is 0 Å². The predicted octanol–water partition coefficient (Wildman–Crippen LogP) is 2.60. The fourth-order valence-electron chi connectivity index (χ4n) is 1.37. The lowest BCUT2D eigenvalue weighted by molar-refractivity contribution is 0.397. The first-order chi connectivity index (χ1) is 8.66. The van der Waals surface area contributed by atoms with E-state index in [1.54, 1.807) is 42.5 Å². The van der Waals surface area contributed by atoms with Crippen molar-refractivity contribution in [3.05, 3.63) is 60.7 Å². The number of benzene rings is 2. The fraction of sp³-hybridized carbons (Fsp3) is 0. The van der Waals surface area contributed by atoms with Crippen LogP contribution in [0.15, 0.2) is 60.7 Å². The molecule has 0 unspecified atom stereocenters. The summed E-state index contributed by atoms with van der Waals surface area (Å²) in [5.41, 5.74) is 0. The van der Waals surface area contributed by atoms with Gasteiger partial charge in [-0.2, -0.15) is 0 Å². The third-order valence-electron chi connectivity index (χ3n) is 2.16. The lowest BCUT2D eigenvalue weighted by atomic mass is 10.3. The molecule has 0 heterocycles. The molecule has 0 aliphatic heterocycles. The van der Waals surface area contributed by atoms with Crippen molar-refractivity contribution in [3.8, 4) is 11.5 Å². The van der Waals surface area contributed by atoms with Crippen LogP contribution in [0.2, 0.25) is 0 Å². The summed E-state index contributed by atoms with van der Waals surface area (Å²) in [4.78, 5) is 0. The molecule has 0 saturated heterocycles.